The SMILES string of the molecule is Cc1cc(/C=C2/SC(=O)NC2=O)c(C)n1-c1ccc2c(c1)OCO2. The highest BCUT2D eigenvalue weighted by molar-refractivity contribution is 8.18. The van der Waals surface area contributed by atoms with Gasteiger partial charge in [0.15, 0.2) is 11.5 Å². The molecule has 1 saturated heterocycles. The zero-order chi connectivity index (χ0) is 16.8. The molecule has 2 aliphatic rings. The maximum absolute atomic E-state index is 11.7. The molecule has 0 spiro atoms. The van der Waals surface area contributed by atoms with Crippen molar-refractivity contribution in [3.8, 4) is 17.2 Å². The molecular weight excluding hydrogens is 328 g/mol. The molecule has 2 amide bonds. The van der Waals surface area contributed by atoms with E-state index in [9.17, 15) is 9.59 Å². The number of hydrogen-bond acceptors (Lipinski definition) is 5. The number of nitrogens with zero attached hydrogens (tertiary/aromatic N) is 1. The van der Waals surface area contributed by atoms with Crippen molar-refractivity contribution in [1.82, 2.24) is 9.88 Å². The summed E-state index contributed by atoms with van der Waals surface area (Å²) in [4.78, 5) is 23.4. The lowest BCUT2D eigenvalue weighted by atomic mass is 10.2. The van der Waals surface area contributed by atoms with Gasteiger partial charge in [-0.1, -0.05) is 0 Å². The standard InChI is InChI=1S/C17H14N2O4S/c1-9-5-11(6-15-16(20)18-17(21)24-15)10(2)19(9)12-3-4-13-14(7-12)23-8-22-13/h3-7H,8H2,1-2H3,(H,18,20,21)/b15-6+. The second-order valence-electron chi connectivity index (χ2n) is 5.55. The van der Waals surface area contributed by atoms with Gasteiger partial charge in [0, 0.05) is 23.1 Å². The normalized spacial score (nSPS) is 17.7. The molecule has 24 heavy (non-hydrogen) atoms. The van der Waals surface area contributed by atoms with Crippen LogP contribution in [0, 0.1) is 13.8 Å². The smallest absolute Gasteiger partial charge is 0.290 e. The molecule has 122 valence electrons. The van der Waals surface area contributed by atoms with E-state index in [2.05, 4.69) is 9.88 Å². The van der Waals surface area contributed by atoms with Crippen LogP contribution in [0.2, 0.25) is 0 Å². The third kappa shape index (κ3) is 2.37. The number of benzene rings is 1. The van der Waals surface area contributed by atoms with E-state index in [1.807, 2.05) is 38.1 Å². The van der Waals surface area contributed by atoms with Gasteiger partial charge >= 0.3 is 0 Å². The van der Waals surface area contributed by atoms with Crippen LogP contribution in [0.4, 0.5) is 4.79 Å². The first-order valence-corrected chi connectivity index (χ1v) is 8.18. The van der Waals surface area contributed by atoms with E-state index >= 15 is 0 Å². The topological polar surface area (TPSA) is 69.6 Å². The number of thioether (sulfide) groups is 1. The summed E-state index contributed by atoms with van der Waals surface area (Å²) >= 11 is 0.920. The summed E-state index contributed by atoms with van der Waals surface area (Å²) in [7, 11) is 0. The predicted octanol–water partition coefficient (Wildman–Crippen LogP) is 3.15. The van der Waals surface area contributed by atoms with Crippen LogP contribution < -0.4 is 14.8 Å². The zero-order valence-corrected chi connectivity index (χ0v) is 13.9. The second kappa shape index (κ2) is 5.45. The van der Waals surface area contributed by atoms with Gasteiger partial charge in [-0.05, 0) is 55.4 Å². The highest BCUT2D eigenvalue weighted by atomic mass is 32.2. The molecule has 0 unspecified atom stereocenters. The minimum atomic E-state index is -0.349. The van der Waals surface area contributed by atoms with Crippen LogP contribution in [0.25, 0.3) is 11.8 Å². The Bertz CT molecular complexity index is 914. The van der Waals surface area contributed by atoms with Gasteiger partial charge in [0.2, 0.25) is 6.79 Å². The molecular formula is C17H14N2O4S. The van der Waals surface area contributed by atoms with Crippen molar-refractivity contribution in [2.24, 2.45) is 0 Å². The van der Waals surface area contributed by atoms with Crippen molar-refractivity contribution < 1.29 is 19.1 Å². The van der Waals surface area contributed by atoms with Gasteiger partial charge in [-0.15, -0.1) is 0 Å². The molecule has 6 nitrogen and oxygen atoms in total. The van der Waals surface area contributed by atoms with Gasteiger partial charge in [0.05, 0.1) is 4.91 Å². The summed E-state index contributed by atoms with van der Waals surface area (Å²) < 4.78 is 12.9. The molecule has 1 aromatic heterocycles. The van der Waals surface area contributed by atoms with Gasteiger partial charge in [-0.3, -0.25) is 14.9 Å². The van der Waals surface area contributed by atoms with Crippen LogP contribution >= 0.6 is 11.8 Å². The van der Waals surface area contributed by atoms with Crippen molar-refractivity contribution >= 4 is 29.0 Å². The lowest BCUT2D eigenvalue weighted by Crippen LogP contribution is -2.17. The number of aryl methyl sites for hydroxylation is 1. The van der Waals surface area contributed by atoms with E-state index in [0.717, 1.165) is 45.9 Å². The van der Waals surface area contributed by atoms with E-state index in [1.165, 1.54) is 0 Å². The lowest BCUT2D eigenvalue weighted by Gasteiger charge is -2.10. The maximum atomic E-state index is 11.7. The Balaban J connectivity index is 1.76. The molecule has 0 radical (unpaired) electrons. The third-order valence-electron chi connectivity index (χ3n) is 4.01. The number of rotatable bonds is 2. The van der Waals surface area contributed by atoms with Crippen LogP contribution in [0.3, 0.4) is 0 Å². The van der Waals surface area contributed by atoms with Crippen molar-refractivity contribution in [2.75, 3.05) is 6.79 Å². The number of fused-ring (bicyclic) bond motifs is 1. The van der Waals surface area contributed by atoms with E-state index in [0.29, 0.717) is 4.91 Å². The van der Waals surface area contributed by atoms with Crippen LogP contribution in [0.1, 0.15) is 17.0 Å². The number of imide groups is 1. The zero-order valence-electron chi connectivity index (χ0n) is 13.1. The molecule has 1 N–H and O–H groups in total. The molecule has 0 aliphatic carbocycles. The van der Waals surface area contributed by atoms with Crippen molar-refractivity contribution in [1.29, 1.82) is 0 Å². The van der Waals surface area contributed by atoms with Gasteiger partial charge in [-0.25, -0.2) is 0 Å². The molecule has 0 saturated carbocycles. The summed E-state index contributed by atoms with van der Waals surface area (Å²) in [5.41, 5.74) is 3.86. The quantitative estimate of drug-likeness (QED) is 0.849. The maximum Gasteiger partial charge on any atom is 0.290 e. The lowest BCUT2D eigenvalue weighted by molar-refractivity contribution is -0.115. The molecule has 7 heteroatoms. The largest absolute Gasteiger partial charge is 0.454 e. The number of ether oxygens (including phenoxy) is 2. The van der Waals surface area contributed by atoms with E-state index in [-0.39, 0.29) is 17.9 Å². The Kier molecular flexibility index (Phi) is 3.38. The molecule has 3 heterocycles. The Morgan fingerprint density at radius 3 is 2.71 bits per heavy atom. The van der Waals surface area contributed by atoms with Crippen LogP contribution in [0.5, 0.6) is 11.5 Å². The Labute approximate surface area is 142 Å². The monoisotopic (exact) mass is 342 g/mol. The number of nitrogens with one attached hydrogen (secondary N) is 1. The summed E-state index contributed by atoms with van der Waals surface area (Å²) in [6, 6.07) is 7.77. The average molecular weight is 342 g/mol. The first-order chi connectivity index (χ1) is 11.5. The molecule has 1 aromatic carbocycles. The minimum absolute atomic E-state index is 0.236. The summed E-state index contributed by atoms with van der Waals surface area (Å²) in [6.07, 6.45) is 1.75. The number of amides is 2. The number of hydrogen-bond donors (Lipinski definition) is 1. The molecule has 0 atom stereocenters. The van der Waals surface area contributed by atoms with Crippen LogP contribution in [-0.4, -0.2) is 22.5 Å². The average Bonchev–Trinajstić information content (AvgIpc) is 3.19. The van der Waals surface area contributed by atoms with Crippen LogP contribution in [0.15, 0.2) is 29.2 Å². The molecule has 0 bridgehead atoms. The highest BCUT2D eigenvalue weighted by Gasteiger charge is 2.25. The van der Waals surface area contributed by atoms with Crippen molar-refractivity contribution in [3.05, 3.63) is 46.1 Å². The predicted molar refractivity (Wildman–Crippen MR) is 90.5 cm³/mol. The van der Waals surface area contributed by atoms with Crippen molar-refractivity contribution in [2.45, 2.75) is 13.8 Å². The van der Waals surface area contributed by atoms with E-state index in [1.54, 1.807) is 6.08 Å². The number of aromatic nitrogens is 1. The summed E-state index contributed by atoms with van der Waals surface area (Å²) in [5.74, 6) is 1.11. The first-order valence-electron chi connectivity index (χ1n) is 7.37. The van der Waals surface area contributed by atoms with Gasteiger partial charge in [-0.2, -0.15) is 0 Å². The van der Waals surface area contributed by atoms with E-state index in [4.69, 9.17) is 9.47 Å². The van der Waals surface area contributed by atoms with Crippen molar-refractivity contribution in [3.63, 3.8) is 0 Å². The number of carbonyl (C=O) groups is 2. The first kappa shape index (κ1) is 14.9. The molecule has 2 aliphatic heterocycles. The molecule has 4 rings (SSSR count). The van der Waals surface area contributed by atoms with Crippen LogP contribution in [-0.2, 0) is 4.79 Å². The minimum Gasteiger partial charge on any atom is -0.454 e. The Morgan fingerprint density at radius 1 is 1.17 bits per heavy atom. The van der Waals surface area contributed by atoms with Gasteiger partial charge in [0.25, 0.3) is 11.1 Å². The molecule has 1 fully saturated rings. The third-order valence-corrected chi connectivity index (χ3v) is 4.82. The molecule has 2 aromatic rings. The van der Waals surface area contributed by atoms with Gasteiger partial charge in [0.1, 0.15) is 0 Å². The van der Waals surface area contributed by atoms with E-state index < -0.39 is 0 Å². The number of carbonyl (C=O) groups excluding carboxylic acids is 2. The summed E-state index contributed by atoms with van der Waals surface area (Å²) in [5, 5.41) is 1.93. The fourth-order valence-corrected chi connectivity index (χ4v) is 3.59. The Hall–Kier alpha value is -2.67. The van der Waals surface area contributed by atoms with Gasteiger partial charge < -0.3 is 14.0 Å². The summed E-state index contributed by atoms with van der Waals surface area (Å²) in [6.45, 7) is 4.20. The highest BCUT2D eigenvalue weighted by Crippen LogP contribution is 2.35. The Morgan fingerprint density at radius 2 is 1.96 bits per heavy atom. The second-order valence-corrected chi connectivity index (χ2v) is 6.57. The fourth-order valence-electron chi connectivity index (χ4n) is 2.92. The fraction of sp³-hybridized carbons (Fsp3) is 0.176.